The van der Waals surface area contributed by atoms with E-state index in [1.165, 1.54) is 0 Å². The molecule has 0 radical (unpaired) electrons. The first kappa shape index (κ1) is 8.09. The molecule has 1 aromatic rings. The maximum atomic E-state index is 9.43. The standard InChI is InChI=1S/C10H11ClO/c11-9-4-2-1-3-7(9)8-5-6-10(8)12/h1-4,8,10,12H,5-6H2/t8-,10-/m1/s1. The molecule has 12 heavy (non-hydrogen) atoms. The summed E-state index contributed by atoms with van der Waals surface area (Å²) in [7, 11) is 0. The quantitative estimate of drug-likeness (QED) is 0.708. The van der Waals surface area contributed by atoms with E-state index in [1.807, 2.05) is 24.3 Å². The summed E-state index contributed by atoms with van der Waals surface area (Å²) >= 11 is 5.99. The largest absolute Gasteiger partial charge is 0.392 e. The van der Waals surface area contributed by atoms with Crippen molar-refractivity contribution in [1.82, 2.24) is 0 Å². The molecule has 0 bridgehead atoms. The minimum Gasteiger partial charge on any atom is -0.392 e. The molecule has 64 valence electrons. The Labute approximate surface area is 77.0 Å². The lowest BCUT2D eigenvalue weighted by Crippen LogP contribution is -2.28. The third kappa shape index (κ3) is 1.23. The number of hydrogen-bond acceptors (Lipinski definition) is 1. The maximum absolute atomic E-state index is 9.43. The minimum atomic E-state index is -0.176. The van der Waals surface area contributed by atoms with E-state index < -0.39 is 0 Å². The van der Waals surface area contributed by atoms with Crippen LogP contribution in [0, 0.1) is 0 Å². The van der Waals surface area contributed by atoms with Crippen molar-refractivity contribution in [2.24, 2.45) is 0 Å². The molecule has 0 aliphatic heterocycles. The van der Waals surface area contributed by atoms with Crippen molar-refractivity contribution >= 4 is 11.6 Å². The van der Waals surface area contributed by atoms with Gasteiger partial charge in [0.25, 0.3) is 0 Å². The second kappa shape index (κ2) is 3.08. The first-order valence-corrected chi connectivity index (χ1v) is 4.59. The first-order chi connectivity index (χ1) is 5.79. The second-order valence-electron chi connectivity index (χ2n) is 3.27. The van der Waals surface area contributed by atoms with Gasteiger partial charge >= 0.3 is 0 Å². The highest BCUT2D eigenvalue weighted by Crippen LogP contribution is 2.39. The highest BCUT2D eigenvalue weighted by Gasteiger charge is 2.31. The highest BCUT2D eigenvalue weighted by atomic mass is 35.5. The average Bonchev–Trinajstić information content (AvgIpc) is 2.06. The summed E-state index contributed by atoms with van der Waals surface area (Å²) in [5.74, 6) is 0.277. The van der Waals surface area contributed by atoms with Crippen LogP contribution in [0.1, 0.15) is 24.3 Å². The van der Waals surface area contributed by atoms with E-state index in [4.69, 9.17) is 11.6 Å². The summed E-state index contributed by atoms with van der Waals surface area (Å²) in [4.78, 5) is 0. The number of halogens is 1. The van der Waals surface area contributed by atoms with Crippen molar-refractivity contribution in [2.45, 2.75) is 24.9 Å². The fourth-order valence-electron chi connectivity index (χ4n) is 1.62. The van der Waals surface area contributed by atoms with E-state index in [1.54, 1.807) is 0 Å². The predicted octanol–water partition coefficient (Wildman–Crippen LogP) is 2.58. The van der Waals surface area contributed by atoms with Gasteiger partial charge in [-0.1, -0.05) is 29.8 Å². The molecule has 1 nitrogen and oxygen atoms in total. The summed E-state index contributed by atoms with van der Waals surface area (Å²) in [5.41, 5.74) is 1.10. The average molecular weight is 183 g/mol. The Morgan fingerprint density at radius 3 is 2.50 bits per heavy atom. The first-order valence-electron chi connectivity index (χ1n) is 4.21. The summed E-state index contributed by atoms with van der Waals surface area (Å²) in [6, 6.07) is 7.75. The van der Waals surface area contributed by atoms with Gasteiger partial charge in [0.15, 0.2) is 0 Å². The summed E-state index contributed by atoms with van der Waals surface area (Å²) < 4.78 is 0. The van der Waals surface area contributed by atoms with Gasteiger partial charge in [-0.05, 0) is 24.5 Å². The molecule has 0 unspecified atom stereocenters. The molecule has 0 spiro atoms. The van der Waals surface area contributed by atoms with Crippen LogP contribution >= 0.6 is 11.6 Å². The third-order valence-corrected chi connectivity index (χ3v) is 2.89. The van der Waals surface area contributed by atoms with Gasteiger partial charge in [-0.3, -0.25) is 0 Å². The lowest BCUT2D eigenvalue weighted by molar-refractivity contribution is 0.0662. The van der Waals surface area contributed by atoms with Crippen LogP contribution in [-0.4, -0.2) is 11.2 Å². The Hall–Kier alpha value is -0.530. The molecule has 1 saturated carbocycles. The number of aliphatic hydroxyl groups is 1. The van der Waals surface area contributed by atoms with Gasteiger partial charge in [-0.25, -0.2) is 0 Å². The van der Waals surface area contributed by atoms with Crippen LogP contribution in [0.5, 0.6) is 0 Å². The summed E-state index contributed by atoms with van der Waals surface area (Å²) in [6.07, 6.45) is 1.80. The Bertz CT molecular complexity index is 285. The monoisotopic (exact) mass is 182 g/mol. The zero-order valence-electron chi connectivity index (χ0n) is 6.70. The van der Waals surface area contributed by atoms with Crippen molar-refractivity contribution in [3.63, 3.8) is 0 Å². The Morgan fingerprint density at radius 1 is 1.25 bits per heavy atom. The molecule has 1 aliphatic rings. The smallest absolute Gasteiger partial charge is 0.0609 e. The molecule has 2 heteroatoms. The summed E-state index contributed by atoms with van der Waals surface area (Å²) in [6.45, 7) is 0. The van der Waals surface area contributed by atoms with E-state index in [9.17, 15) is 5.11 Å². The van der Waals surface area contributed by atoms with Crippen LogP contribution in [0.4, 0.5) is 0 Å². The molecule has 0 saturated heterocycles. The number of rotatable bonds is 1. The Morgan fingerprint density at radius 2 is 2.00 bits per heavy atom. The van der Waals surface area contributed by atoms with E-state index in [0.29, 0.717) is 0 Å². The van der Waals surface area contributed by atoms with Gasteiger partial charge in [0.1, 0.15) is 0 Å². The van der Waals surface area contributed by atoms with Crippen molar-refractivity contribution in [2.75, 3.05) is 0 Å². The van der Waals surface area contributed by atoms with E-state index in [0.717, 1.165) is 23.4 Å². The molecule has 2 atom stereocenters. The molecule has 0 aromatic heterocycles. The van der Waals surface area contributed by atoms with Crippen LogP contribution in [0.25, 0.3) is 0 Å². The van der Waals surface area contributed by atoms with Gasteiger partial charge in [-0.15, -0.1) is 0 Å². The van der Waals surface area contributed by atoms with Crippen LogP contribution in [0.2, 0.25) is 5.02 Å². The van der Waals surface area contributed by atoms with Crippen molar-refractivity contribution in [3.8, 4) is 0 Å². The lowest BCUT2D eigenvalue weighted by Gasteiger charge is -2.33. The predicted molar refractivity (Wildman–Crippen MR) is 49.4 cm³/mol. The number of benzene rings is 1. The number of aliphatic hydroxyl groups excluding tert-OH is 1. The zero-order chi connectivity index (χ0) is 8.55. The molecule has 0 heterocycles. The Kier molecular flexibility index (Phi) is 2.07. The van der Waals surface area contributed by atoms with Gasteiger partial charge in [0, 0.05) is 10.9 Å². The number of hydrogen-bond donors (Lipinski definition) is 1. The SMILES string of the molecule is O[C@@H]1CC[C@@H]1c1ccccc1Cl. The minimum absolute atomic E-state index is 0.176. The van der Waals surface area contributed by atoms with Crippen LogP contribution < -0.4 is 0 Å². The van der Waals surface area contributed by atoms with E-state index >= 15 is 0 Å². The molecule has 1 N–H and O–H groups in total. The molecule has 0 amide bonds. The Balaban J connectivity index is 2.27. The molecule has 1 fully saturated rings. The van der Waals surface area contributed by atoms with E-state index in [-0.39, 0.29) is 12.0 Å². The van der Waals surface area contributed by atoms with E-state index in [2.05, 4.69) is 0 Å². The van der Waals surface area contributed by atoms with Gasteiger partial charge < -0.3 is 5.11 Å². The molecule has 1 aromatic carbocycles. The zero-order valence-corrected chi connectivity index (χ0v) is 7.46. The molecule has 1 aliphatic carbocycles. The van der Waals surface area contributed by atoms with Crippen LogP contribution in [0.15, 0.2) is 24.3 Å². The molecular formula is C10H11ClO. The molecule has 2 rings (SSSR count). The van der Waals surface area contributed by atoms with Crippen LogP contribution in [-0.2, 0) is 0 Å². The van der Waals surface area contributed by atoms with Crippen molar-refractivity contribution in [1.29, 1.82) is 0 Å². The fourth-order valence-corrected chi connectivity index (χ4v) is 1.90. The normalized spacial score (nSPS) is 28.2. The van der Waals surface area contributed by atoms with Gasteiger partial charge in [-0.2, -0.15) is 0 Å². The third-order valence-electron chi connectivity index (χ3n) is 2.54. The topological polar surface area (TPSA) is 20.2 Å². The van der Waals surface area contributed by atoms with Crippen molar-refractivity contribution in [3.05, 3.63) is 34.9 Å². The molecular weight excluding hydrogens is 172 g/mol. The lowest BCUT2D eigenvalue weighted by atomic mass is 9.77. The fraction of sp³-hybridized carbons (Fsp3) is 0.400. The highest BCUT2D eigenvalue weighted by molar-refractivity contribution is 6.31. The van der Waals surface area contributed by atoms with Crippen LogP contribution in [0.3, 0.4) is 0 Å². The summed E-state index contributed by atoms with van der Waals surface area (Å²) in [5, 5.41) is 10.2. The maximum Gasteiger partial charge on any atom is 0.0609 e. The van der Waals surface area contributed by atoms with Gasteiger partial charge in [0.05, 0.1) is 6.10 Å². The second-order valence-corrected chi connectivity index (χ2v) is 3.68. The van der Waals surface area contributed by atoms with Crippen molar-refractivity contribution < 1.29 is 5.11 Å². The van der Waals surface area contributed by atoms with Gasteiger partial charge in [0.2, 0.25) is 0 Å².